The number of hydrogen-bond donors (Lipinski definition) is 1. The zero-order valence-electron chi connectivity index (χ0n) is 15.5. The largest absolute Gasteiger partial charge is 0.356 e. The van der Waals surface area contributed by atoms with Crippen LogP contribution in [-0.2, 0) is 4.79 Å². The third-order valence-corrected chi connectivity index (χ3v) is 5.37. The SMILES string of the molecule is CCN(c1cccc(C)c1)[C@H](C(=O)NC1CCCC1)c1ccc(Cl)cc1. The molecule has 0 unspecified atom stereocenters. The highest BCUT2D eigenvalue weighted by molar-refractivity contribution is 6.30. The molecular weight excluding hydrogens is 344 g/mol. The highest BCUT2D eigenvalue weighted by atomic mass is 35.5. The monoisotopic (exact) mass is 370 g/mol. The lowest BCUT2D eigenvalue weighted by Crippen LogP contribution is -2.44. The van der Waals surface area contributed by atoms with E-state index >= 15 is 0 Å². The van der Waals surface area contributed by atoms with Gasteiger partial charge in [0, 0.05) is 23.3 Å². The van der Waals surface area contributed by atoms with Gasteiger partial charge in [-0.25, -0.2) is 0 Å². The van der Waals surface area contributed by atoms with Crippen molar-refractivity contribution in [2.75, 3.05) is 11.4 Å². The molecule has 4 heteroatoms. The third-order valence-electron chi connectivity index (χ3n) is 5.12. The van der Waals surface area contributed by atoms with Crippen molar-refractivity contribution >= 4 is 23.2 Å². The Balaban J connectivity index is 1.94. The molecule has 2 aromatic rings. The van der Waals surface area contributed by atoms with E-state index in [-0.39, 0.29) is 11.9 Å². The fourth-order valence-corrected chi connectivity index (χ4v) is 3.92. The second kappa shape index (κ2) is 8.59. The number of carbonyl (C=O) groups is 1. The van der Waals surface area contributed by atoms with E-state index in [1.807, 2.05) is 30.3 Å². The van der Waals surface area contributed by atoms with Gasteiger partial charge in [-0.15, -0.1) is 0 Å². The van der Waals surface area contributed by atoms with Crippen molar-refractivity contribution in [1.29, 1.82) is 0 Å². The second-order valence-corrected chi connectivity index (χ2v) is 7.51. The Kier molecular flexibility index (Phi) is 6.20. The molecule has 0 bridgehead atoms. The van der Waals surface area contributed by atoms with E-state index in [1.54, 1.807) is 0 Å². The predicted molar refractivity (Wildman–Crippen MR) is 109 cm³/mol. The van der Waals surface area contributed by atoms with Crippen LogP contribution < -0.4 is 10.2 Å². The first-order valence-electron chi connectivity index (χ1n) is 9.47. The molecule has 0 saturated heterocycles. The van der Waals surface area contributed by atoms with Gasteiger partial charge >= 0.3 is 0 Å². The Morgan fingerprint density at radius 2 is 1.88 bits per heavy atom. The molecule has 3 nitrogen and oxygen atoms in total. The highest BCUT2D eigenvalue weighted by Gasteiger charge is 2.29. The van der Waals surface area contributed by atoms with Crippen LogP contribution in [0.2, 0.25) is 5.02 Å². The molecular formula is C22H27ClN2O. The summed E-state index contributed by atoms with van der Waals surface area (Å²) in [6, 6.07) is 15.9. The molecule has 1 atom stereocenters. The van der Waals surface area contributed by atoms with Crippen LogP contribution in [0.1, 0.15) is 49.8 Å². The number of likely N-dealkylation sites (N-methyl/N-ethyl adjacent to an activating group) is 1. The van der Waals surface area contributed by atoms with Crippen molar-refractivity contribution < 1.29 is 4.79 Å². The number of halogens is 1. The van der Waals surface area contributed by atoms with E-state index < -0.39 is 0 Å². The molecule has 0 radical (unpaired) electrons. The summed E-state index contributed by atoms with van der Waals surface area (Å²) in [6.45, 7) is 4.91. The van der Waals surface area contributed by atoms with Crippen LogP contribution in [-0.4, -0.2) is 18.5 Å². The lowest BCUT2D eigenvalue weighted by Gasteiger charge is -2.33. The van der Waals surface area contributed by atoms with Gasteiger partial charge in [0.05, 0.1) is 0 Å². The molecule has 0 aliphatic heterocycles. The summed E-state index contributed by atoms with van der Waals surface area (Å²) in [6.07, 6.45) is 4.56. The molecule has 1 aliphatic carbocycles. The Labute approximate surface area is 161 Å². The zero-order chi connectivity index (χ0) is 18.5. The standard InChI is InChI=1S/C22H27ClN2O/c1-3-25(20-10-6-7-16(2)15-20)21(17-11-13-18(23)14-12-17)22(26)24-19-8-4-5-9-19/h6-7,10-15,19,21H,3-5,8-9H2,1-2H3,(H,24,26)/t21-/m0/s1. The number of amides is 1. The van der Waals surface area contributed by atoms with E-state index in [4.69, 9.17) is 11.6 Å². The molecule has 2 aromatic carbocycles. The maximum Gasteiger partial charge on any atom is 0.247 e. The number of rotatable bonds is 6. The summed E-state index contributed by atoms with van der Waals surface area (Å²) < 4.78 is 0. The molecule has 26 heavy (non-hydrogen) atoms. The third kappa shape index (κ3) is 4.39. The van der Waals surface area contributed by atoms with Crippen molar-refractivity contribution in [2.45, 2.75) is 51.6 Å². The second-order valence-electron chi connectivity index (χ2n) is 7.07. The van der Waals surface area contributed by atoms with Gasteiger partial charge in [-0.05, 0) is 62.1 Å². The smallest absolute Gasteiger partial charge is 0.247 e. The summed E-state index contributed by atoms with van der Waals surface area (Å²) in [7, 11) is 0. The fourth-order valence-electron chi connectivity index (χ4n) is 3.79. The Morgan fingerprint density at radius 1 is 1.19 bits per heavy atom. The fraction of sp³-hybridized carbons (Fsp3) is 0.409. The molecule has 3 rings (SSSR count). The van der Waals surface area contributed by atoms with Gasteiger partial charge < -0.3 is 10.2 Å². The summed E-state index contributed by atoms with van der Waals surface area (Å²) in [5.41, 5.74) is 3.22. The minimum Gasteiger partial charge on any atom is -0.356 e. The Hall–Kier alpha value is -2.00. The van der Waals surface area contributed by atoms with Gasteiger partial charge in [0.2, 0.25) is 5.91 Å². The van der Waals surface area contributed by atoms with E-state index in [9.17, 15) is 4.79 Å². The Bertz CT molecular complexity index is 738. The Morgan fingerprint density at radius 3 is 2.50 bits per heavy atom. The first kappa shape index (κ1) is 18.8. The van der Waals surface area contributed by atoms with Crippen LogP contribution >= 0.6 is 11.6 Å². The number of aryl methyl sites for hydroxylation is 1. The molecule has 1 fully saturated rings. The van der Waals surface area contributed by atoms with E-state index in [0.717, 1.165) is 30.6 Å². The molecule has 1 N–H and O–H groups in total. The predicted octanol–water partition coefficient (Wildman–Crippen LogP) is 5.27. The molecule has 1 amide bonds. The van der Waals surface area contributed by atoms with Crippen molar-refractivity contribution in [3.05, 3.63) is 64.7 Å². The first-order chi connectivity index (χ1) is 12.6. The molecule has 1 aliphatic rings. The lowest BCUT2D eigenvalue weighted by atomic mass is 10.0. The normalized spacial score (nSPS) is 15.7. The van der Waals surface area contributed by atoms with Crippen molar-refractivity contribution in [3.63, 3.8) is 0 Å². The van der Waals surface area contributed by atoms with Crippen LogP contribution in [0.4, 0.5) is 5.69 Å². The van der Waals surface area contributed by atoms with E-state index in [0.29, 0.717) is 11.1 Å². The topological polar surface area (TPSA) is 32.3 Å². The van der Waals surface area contributed by atoms with Crippen LogP contribution in [0.25, 0.3) is 0 Å². The number of nitrogens with one attached hydrogen (secondary N) is 1. The number of hydrogen-bond acceptors (Lipinski definition) is 2. The summed E-state index contributed by atoms with van der Waals surface area (Å²) in [4.78, 5) is 15.4. The van der Waals surface area contributed by atoms with Gasteiger partial charge in [0.25, 0.3) is 0 Å². The summed E-state index contributed by atoms with van der Waals surface area (Å²) in [5.74, 6) is 0.0718. The first-order valence-corrected chi connectivity index (χ1v) is 9.85. The number of benzene rings is 2. The number of anilines is 1. The summed E-state index contributed by atoms with van der Waals surface area (Å²) >= 11 is 6.07. The average molecular weight is 371 g/mol. The molecule has 1 saturated carbocycles. The quantitative estimate of drug-likeness (QED) is 0.750. The maximum atomic E-state index is 13.3. The van der Waals surface area contributed by atoms with Gasteiger partial charge in [-0.2, -0.15) is 0 Å². The van der Waals surface area contributed by atoms with Crippen molar-refractivity contribution in [3.8, 4) is 0 Å². The molecule has 138 valence electrons. The van der Waals surface area contributed by atoms with Gasteiger partial charge in [-0.1, -0.05) is 48.7 Å². The van der Waals surface area contributed by atoms with Crippen LogP contribution in [0.15, 0.2) is 48.5 Å². The van der Waals surface area contributed by atoms with E-state index in [1.165, 1.54) is 18.4 Å². The van der Waals surface area contributed by atoms with Crippen LogP contribution in [0.3, 0.4) is 0 Å². The van der Waals surface area contributed by atoms with Crippen LogP contribution in [0, 0.1) is 6.92 Å². The molecule has 0 heterocycles. The summed E-state index contributed by atoms with van der Waals surface area (Å²) in [5, 5.41) is 3.96. The number of carbonyl (C=O) groups excluding carboxylic acids is 1. The average Bonchev–Trinajstić information content (AvgIpc) is 3.13. The lowest BCUT2D eigenvalue weighted by molar-refractivity contribution is -0.123. The minimum absolute atomic E-state index is 0.0718. The van der Waals surface area contributed by atoms with E-state index in [2.05, 4.69) is 42.3 Å². The van der Waals surface area contributed by atoms with Crippen molar-refractivity contribution in [1.82, 2.24) is 5.32 Å². The maximum absolute atomic E-state index is 13.3. The van der Waals surface area contributed by atoms with Gasteiger partial charge in [-0.3, -0.25) is 4.79 Å². The van der Waals surface area contributed by atoms with Crippen molar-refractivity contribution in [2.24, 2.45) is 0 Å². The molecule has 0 aromatic heterocycles. The van der Waals surface area contributed by atoms with Gasteiger partial charge in [0.15, 0.2) is 0 Å². The highest BCUT2D eigenvalue weighted by Crippen LogP contribution is 2.30. The number of nitrogens with zero attached hydrogens (tertiary/aromatic N) is 1. The molecule has 0 spiro atoms. The minimum atomic E-state index is -0.361. The zero-order valence-corrected chi connectivity index (χ0v) is 16.3. The van der Waals surface area contributed by atoms with Crippen LogP contribution in [0.5, 0.6) is 0 Å². The van der Waals surface area contributed by atoms with Gasteiger partial charge in [0.1, 0.15) is 6.04 Å².